The van der Waals surface area contributed by atoms with Gasteiger partial charge in [0.1, 0.15) is 12.6 Å². The van der Waals surface area contributed by atoms with Crippen molar-refractivity contribution in [2.24, 2.45) is 0 Å². The van der Waals surface area contributed by atoms with Crippen LogP contribution >= 0.6 is 0 Å². The number of carboxylic acids is 1. The number of hydrogen-bond acceptors (Lipinski definition) is 4. The van der Waals surface area contributed by atoms with Crippen molar-refractivity contribution in [1.82, 2.24) is 14.9 Å². The number of carbonyl (C=O) groups excluding carboxylic acids is 1. The molecular weight excluding hydrogens is 334 g/mol. The van der Waals surface area contributed by atoms with E-state index < -0.39 is 17.9 Å². The van der Waals surface area contributed by atoms with E-state index in [0.717, 1.165) is 5.56 Å². The fourth-order valence-corrected chi connectivity index (χ4v) is 2.66. The molecule has 0 saturated carbocycles. The quantitative estimate of drug-likeness (QED) is 0.695. The van der Waals surface area contributed by atoms with Crippen molar-refractivity contribution in [3.05, 3.63) is 76.8 Å². The Hall–Kier alpha value is -3.48. The molecule has 0 spiro atoms. The van der Waals surface area contributed by atoms with E-state index in [9.17, 15) is 19.5 Å². The SMILES string of the molecule is O=C(Cn1cnc2ccccc2c1=O)NC(Cc1ccccc1)C(=O)O. The van der Waals surface area contributed by atoms with E-state index in [1.54, 1.807) is 48.5 Å². The topological polar surface area (TPSA) is 101 Å². The molecule has 0 aliphatic carbocycles. The van der Waals surface area contributed by atoms with Crippen molar-refractivity contribution in [2.75, 3.05) is 0 Å². The van der Waals surface area contributed by atoms with Crippen molar-refractivity contribution in [3.8, 4) is 0 Å². The molecule has 7 heteroatoms. The lowest BCUT2D eigenvalue weighted by molar-refractivity contribution is -0.141. The summed E-state index contributed by atoms with van der Waals surface area (Å²) in [6.07, 6.45) is 1.45. The van der Waals surface area contributed by atoms with Crippen molar-refractivity contribution in [1.29, 1.82) is 0 Å². The summed E-state index contributed by atoms with van der Waals surface area (Å²) >= 11 is 0. The Bertz CT molecular complexity index is 998. The molecule has 1 heterocycles. The highest BCUT2D eigenvalue weighted by molar-refractivity contribution is 5.84. The van der Waals surface area contributed by atoms with E-state index in [-0.39, 0.29) is 18.5 Å². The average molecular weight is 351 g/mol. The van der Waals surface area contributed by atoms with Gasteiger partial charge in [0, 0.05) is 6.42 Å². The number of rotatable bonds is 6. The number of hydrogen-bond donors (Lipinski definition) is 2. The van der Waals surface area contributed by atoms with Crippen molar-refractivity contribution < 1.29 is 14.7 Å². The maximum absolute atomic E-state index is 12.4. The van der Waals surface area contributed by atoms with E-state index in [4.69, 9.17) is 0 Å². The first-order chi connectivity index (χ1) is 12.5. The predicted molar refractivity (Wildman–Crippen MR) is 95.7 cm³/mol. The molecule has 0 aliphatic heterocycles. The van der Waals surface area contributed by atoms with Crippen LogP contribution in [0.4, 0.5) is 0 Å². The largest absolute Gasteiger partial charge is 0.480 e. The van der Waals surface area contributed by atoms with Crippen molar-refractivity contribution in [2.45, 2.75) is 19.0 Å². The third-order valence-electron chi connectivity index (χ3n) is 3.96. The maximum Gasteiger partial charge on any atom is 0.326 e. The summed E-state index contributed by atoms with van der Waals surface area (Å²) in [5.41, 5.74) is 0.993. The molecule has 0 saturated heterocycles. The lowest BCUT2D eigenvalue weighted by Crippen LogP contribution is -2.44. The van der Waals surface area contributed by atoms with E-state index in [0.29, 0.717) is 10.9 Å². The number of carbonyl (C=O) groups is 2. The standard InChI is InChI=1S/C19H17N3O4/c23-17(21-16(19(25)26)10-13-6-2-1-3-7-13)11-22-12-20-15-9-5-4-8-14(15)18(22)24/h1-9,12,16H,10-11H2,(H,21,23)(H,25,26). The molecule has 3 rings (SSSR count). The zero-order chi connectivity index (χ0) is 18.5. The van der Waals surface area contributed by atoms with Gasteiger partial charge < -0.3 is 10.4 Å². The second kappa shape index (κ2) is 7.60. The molecule has 1 atom stereocenters. The maximum atomic E-state index is 12.4. The number of fused-ring (bicyclic) bond motifs is 1. The lowest BCUT2D eigenvalue weighted by Gasteiger charge is -2.15. The van der Waals surface area contributed by atoms with Crippen LogP contribution in [0.3, 0.4) is 0 Å². The van der Waals surface area contributed by atoms with Crippen LogP contribution in [-0.4, -0.2) is 32.6 Å². The van der Waals surface area contributed by atoms with Crippen molar-refractivity contribution in [3.63, 3.8) is 0 Å². The Kier molecular flexibility index (Phi) is 5.07. The van der Waals surface area contributed by atoms with Crippen LogP contribution in [0.15, 0.2) is 65.7 Å². The van der Waals surface area contributed by atoms with E-state index in [1.807, 2.05) is 6.07 Å². The first kappa shape index (κ1) is 17.3. The van der Waals surface area contributed by atoms with Gasteiger partial charge in [-0.2, -0.15) is 0 Å². The predicted octanol–water partition coefficient (Wildman–Crippen LogP) is 1.21. The zero-order valence-electron chi connectivity index (χ0n) is 13.8. The molecular formula is C19H17N3O4. The second-order valence-corrected chi connectivity index (χ2v) is 5.84. The van der Waals surface area contributed by atoms with Crippen molar-refractivity contribution >= 4 is 22.8 Å². The number of aliphatic carboxylic acids is 1. The summed E-state index contributed by atoms with van der Waals surface area (Å²) in [6.45, 7) is -0.296. The number of para-hydroxylation sites is 1. The molecule has 3 aromatic rings. The molecule has 2 aromatic carbocycles. The summed E-state index contributed by atoms with van der Waals surface area (Å²) in [4.78, 5) is 40.2. The molecule has 1 aromatic heterocycles. The van der Waals surface area contributed by atoms with Gasteiger partial charge in [0.2, 0.25) is 5.91 Å². The molecule has 0 radical (unpaired) electrons. The van der Waals surface area contributed by atoms with Crippen LogP contribution in [-0.2, 0) is 22.6 Å². The fraction of sp³-hybridized carbons (Fsp3) is 0.158. The zero-order valence-corrected chi connectivity index (χ0v) is 13.8. The molecule has 7 nitrogen and oxygen atoms in total. The van der Waals surface area contributed by atoms with Crippen LogP contribution in [0, 0.1) is 0 Å². The second-order valence-electron chi connectivity index (χ2n) is 5.84. The third kappa shape index (κ3) is 3.94. The molecule has 0 fully saturated rings. The van der Waals surface area contributed by atoms with Gasteiger partial charge in [-0.1, -0.05) is 42.5 Å². The third-order valence-corrected chi connectivity index (χ3v) is 3.96. The first-order valence-corrected chi connectivity index (χ1v) is 8.05. The van der Waals surface area contributed by atoms with Crippen LogP contribution in [0.1, 0.15) is 5.56 Å². The fourth-order valence-electron chi connectivity index (χ4n) is 2.66. The highest BCUT2D eigenvalue weighted by Gasteiger charge is 2.20. The summed E-state index contributed by atoms with van der Waals surface area (Å²) < 4.78 is 1.17. The van der Waals surface area contributed by atoms with Gasteiger partial charge in [-0.05, 0) is 17.7 Å². The number of benzene rings is 2. The number of carboxylic acid groups (broad SMARTS) is 1. The highest BCUT2D eigenvalue weighted by atomic mass is 16.4. The Morgan fingerprint density at radius 3 is 2.50 bits per heavy atom. The van der Waals surface area contributed by atoms with E-state index in [1.165, 1.54) is 10.9 Å². The molecule has 0 bridgehead atoms. The van der Waals surface area contributed by atoms with Crippen LogP contribution in [0.25, 0.3) is 10.9 Å². The molecule has 0 aliphatic rings. The van der Waals surface area contributed by atoms with Crippen LogP contribution in [0.5, 0.6) is 0 Å². The number of nitrogens with one attached hydrogen (secondary N) is 1. The molecule has 1 unspecified atom stereocenters. The number of amides is 1. The molecule has 2 N–H and O–H groups in total. The Morgan fingerprint density at radius 2 is 1.77 bits per heavy atom. The minimum Gasteiger partial charge on any atom is -0.480 e. The van der Waals surface area contributed by atoms with Crippen LogP contribution < -0.4 is 10.9 Å². The van der Waals surface area contributed by atoms with E-state index >= 15 is 0 Å². The van der Waals surface area contributed by atoms with Gasteiger partial charge in [0.25, 0.3) is 5.56 Å². The smallest absolute Gasteiger partial charge is 0.326 e. The Balaban J connectivity index is 1.74. The van der Waals surface area contributed by atoms with Gasteiger partial charge in [0.15, 0.2) is 0 Å². The average Bonchev–Trinajstić information content (AvgIpc) is 2.64. The molecule has 26 heavy (non-hydrogen) atoms. The Morgan fingerprint density at radius 1 is 1.08 bits per heavy atom. The van der Waals surface area contributed by atoms with Gasteiger partial charge in [-0.3, -0.25) is 14.2 Å². The van der Waals surface area contributed by atoms with Crippen LogP contribution in [0.2, 0.25) is 0 Å². The van der Waals surface area contributed by atoms with Gasteiger partial charge >= 0.3 is 5.97 Å². The number of nitrogens with zero attached hydrogens (tertiary/aromatic N) is 2. The van der Waals surface area contributed by atoms with Gasteiger partial charge in [-0.15, -0.1) is 0 Å². The first-order valence-electron chi connectivity index (χ1n) is 8.05. The summed E-state index contributed by atoms with van der Waals surface area (Å²) in [5.74, 6) is -1.70. The molecule has 1 amide bonds. The highest BCUT2D eigenvalue weighted by Crippen LogP contribution is 2.05. The molecule has 132 valence electrons. The minimum atomic E-state index is -1.13. The van der Waals surface area contributed by atoms with Gasteiger partial charge in [0.05, 0.1) is 17.2 Å². The number of aromatic nitrogens is 2. The Labute approximate surface area is 148 Å². The van der Waals surface area contributed by atoms with Gasteiger partial charge in [-0.25, -0.2) is 9.78 Å². The minimum absolute atomic E-state index is 0.160. The monoisotopic (exact) mass is 351 g/mol. The lowest BCUT2D eigenvalue weighted by atomic mass is 10.1. The van der Waals surface area contributed by atoms with E-state index in [2.05, 4.69) is 10.3 Å². The normalized spacial score (nSPS) is 11.8. The summed E-state index contributed by atoms with van der Waals surface area (Å²) in [6, 6.07) is 14.8. The summed E-state index contributed by atoms with van der Waals surface area (Å²) in [5, 5.41) is 12.2. The summed E-state index contributed by atoms with van der Waals surface area (Å²) in [7, 11) is 0.